The second-order valence-corrected chi connectivity index (χ2v) is 3.44. The molecule has 0 spiro atoms. The first-order chi connectivity index (χ1) is 7.19. The summed E-state index contributed by atoms with van der Waals surface area (Å²) in [6, 6.07) is 3.13. The normalized spacial score (nSPS) is 10.9. The molecular weight excluding hydrogens is 195 g/mol. The molecule has 0 bridgehead atoms. The molecule has 0 saturated heterocycles. The van der Waals surface area contributed by atoms with Crippen molar-refractivity contribution < 1.29 is 9.13 Å². The van der Waals surface area contributed by atoms with Gasteiger partial charge in [0, 0.05) is 25.2 Å². The lowest BCUT2D eigenvalue weighted by Gasteiger charge is -2.05. The van der Waals surface area contributed by atoms with Crippen molar-refractivity contribution in [3.63, 3.8) is 0 Å². The number of aromatic nitrogens is 1. The molecule has 15 heavy (non-hydrogen) atoms. The van der Waals surface area contributed by atoms with Gasteiger partial charge >= 0.3 is 0 Å². The second kappa shape index (κ2) is 3.55. The van der Waals surface area contributed by atoms with Gasteiger partial charge in [-0.3, -0.25) is 0 Å². The maximum absolute atomic E-state index is 13.5. The highest BCUT2D eigenvalue weighted by atomic mass is 19.1. The molecule has 2 aromatic rings. The second-order valence-electron chi connectivity index (χ2n) is 3.44. The van der Waals surface area contributed by atoms with E-state index < -0.39 is 0 Å². The van der Waals surface area contributed by atoms with Crippen LogP contribution < -0.4 is 10.5 Å². The topological polar surface area (TPSA) is 40.2 Å². The molecule has 0 saturated carbocycles. The van der Waals surface area contributed by atoms with E-state index in [4.69, 9.17) is 10.5 Å². The van der Waals surface area contributed by atoms with Gasteiger partial charge in [0.25, 0.3) is 0 Å². The SMILES string of the molecule is COc1c(F)ccc2c1c(CN)cn2C. The molecule has 0 fully saturated rings. The zero-order valence-corrected chi connectivity index (χ0v) is 8.75. The molecule has 0 aliphatic rings. The van der Waals surface area contributed by atoms with Crippen LogP contribution in [0.1, 0.15) is 5.56 Å². The zero-order chi connectivity index (χ0) is 11.0. The number of benzene rings is 1. The number of nitrogens with two attached hydrogens (primary N) is 1. The largest absolute Gasteiger partial charge is 0.493 e. The van der Waals surface area contributed by atoms with Gasteiger partial charge in [-0.2, -0.15) is 0 Å². The highest BCUT2D eigenvalue weighted by Crippen LogP contribution is 2.32. The Bertz CT molecular complexity index is 505. The van der Waals surface area contributed by atoms with E-state index >= 15 is 0 Å². The number of methoxy groups -OCH3 is 1. The lowest BCUT2D eigenvalue weighted by Crippen LogP contribution is -1.96. The summed E-state index contributed by atoms with van der Waals surface area (Å²) < 4.78 is 20.5. The van der Waals surface area contributed by atoms with E-state index in [2.05, 4.69) is 0 Å². The minimum absolute atomic E-state index is 0.272. The van der Waals surface area contributed by atoms with E-state index in [0.717, 1.165) is 16.5 Å². The number of fused-ring (bicyclic) bond motifs is 1. The quantitative estimate of drug-likeness (QED) is 0.817. The molecule has 2 N–H and O–H groups in total. The fraction of sp³-hybridized carbons (Fsp3) is 0.273. The zero-order valence-electron chi connectivity index (χ0n) is 8.75. The molecule has 3 nitrogen and oxygen atoms in total. The number of nitrogens with zero attached hydrogens (tertiary/aromatic N) is 1. The summed E-state index contributed by atoms with van der Waals surface area (Å²) >= 11 is 0. The Kier molecular flexibility index (Phi) is 2.36. The van der Waals surface area contributed by atoms with E-state index in [0.29, 0.717) is 6.54 Å². The molecule has 2 rings (SSSR count). The standard InChI is InChI=1S/C11H13FN2O/c1-14-6-7(5-13)10-9(14)4-3-8(12)11(10)15-2/h3-4,6H,5,13H2,1-2H3. The van der Waals surface area contributed by atoms with Crippen LogP contribution in [0.3, 0.4) is 0 Å². The summed E-state index contributed by atoms with van der Waals surface area (Å²) in [5.74, 6) is -0.0838. The fourth-order valence-electron chi connectivity index (χ4n) is 1.87. The highest BCUT2D eigenvalue weighted by Gasteiger charge is 2.14. The molecule has 4 heteroatoms. The van der Waals surface area contributed by atoms with E-state index in [1.165, 1.54) is 13.2 Å². The Labute approximate surface area is 87.2 Å². The first-order valence-electron chi connectivity index (χ1n) is 4.69. The third kappa shape index (κ3) is 1.37. The van der Waals surface area contributed by atoms with Gasteiger partial charge in [0.15, 0.2) is 11.6 Å². The van der Waals surface area contributed by atoms with Crippen LogP contribution in [0.25, 0.3) is 10.9 Å². The Balaban J connectivity index is 2.88. The Morgan fingerprint density at radius 3 is 2.80 bits per heavy atom. The van der Waals surface area contributed by atoms with E-state index in [1.54, 1.807) is 6.07 Å². The Morgan fingerprint density at radius 1 is 1.47 bits per heavy atom. The monoisotopic (exact) mass is 208 g/mol. The van der Waals surface area contributed by atoms with Crippen molar-refractivity contribution in [3.05, 3.63) is 29.7 Å². The van der Waals surface area contributed by atoms with Crippen molar-refractivity contribution in [1.29, 1.82) is 0 Å². The third-order valence-corrected chi connectivity index (χ3v) is 2.56. The lowest BCUT2D eigenvalue weighted by molar-refractivity contribution is 0.391. The first-order valence-corrected chi connectivity index (χ1v) is 4.69. The number of hydrogen-bond donors (Lipinski definition) is 1. The van der Waals surface area contributed by atoms with E-state index in [-0.39, 0.29) is 11.6 Å². The summed E-state index contributed by atoms with van der Waals surface area (Å²) in [4.78, 5) is 0. The lowest BCUT2D eigenvalue weighted by atomic mass is 10.1. The van der Waals surface area contributed by atoms with Crippen molar-refractivity contribution in [2.24, 2.45) is 12.8 Å². The summed E-state index contributed by atoms with van der Waals surface area (Å²) in [5.41, 5.74) is 7.43. The Hall–Kier alpha value is -1.55. The van der Waals surface area contributed by atoms with Gasteiger partial charge in [-0.05, 0) is 17.7 Å². The van der Waals surface area contributed by atoms with Crippen LogP contribution in [0.4, 0.5) is 4.39 Å². The van der Waals surface area contributed by atoms with Crippen molar-refractivity contribution in [2.75, 3.05) is 7.11 Å². The van der Waals surface area contributed by atoms with Crippen LogP contribution >= 0.6 is 0 Å². The summed E-state index contributed by atoms with van der Waals surface area (Å²) in [7, 11) is 3.37. The molecule has 0 atom stereocenters. The maximum Gasteiger partial charge on any atom is 0.165 e. The fourth-order valence-corrected chi connectivity index (χ4v) is 1.87. The van der Waals surface area contributed by atoms with Crippen LogP contribution in [-0.2, 0) is 13.6 Å². The molecule has 0 amide bonds. The Morgan fingerprint density at radius 2 is 2.20 bits per heavy atom. The molecule has 0 unspecified atom stereocenters. The number of halogens is 1. The van der Waals surface area contributed by atoms with Crippen molar-refractivity contribution in [2.45, 2.75) is 6.54 Å². The molecule has 0 aliphatic heterocycles. The van der Waals surface area contributed by atoms with Crippen molar-refractivity contribution >= 4 is 10.9 Å². The molecule has 1 aromatic heterocycles. The number of ether oxygens (including phenoxy) is 1. The summed E-state index contributed by atoms with van der Waals surface area (Å²) in [6.45, 7) is 0.372. The summed E-state index contributed by atoms with van der Waals surface area (Å²) in [5, 5.41) is 0.766. The molecule has 0 radical (unpaired) electrons. The average molecular weight is 208 g/mol. The van der Waals surface area contributed by atoms with Gasteiger partial charge in [-0.1, -0.05) is 0 Å². The van der Waals surface area contributed by atoms with Gasteiger partial charge in [-0.25, -0.2) is 4.39 Å². The van der Waals surface area contributed by atoms with Gasteiger partial charge in [0.05, 0.1) is 12.6 Å². The van der Waals surface area contributed by atoms with Gasteiger partial charge < -0.3 is 15.0 Å². The van der Waals surface area contributed by atoms with Gasteiger partial charge in [-0.15, -0.1) is 0 Å². The highest BCUT2D eigenvalue weighted by molar-refractivity contribution is 5.90. The van der Waals surface area contributed by atoms with E-state index in [9.17, 15) is 4.39 Å². The summed E-state index contributed by atoms with van der Waals surface area (Å²) in [6.07, 6.45) is 1.90. The van der Waals surface area contributed by atoms with Gasteiger partial charge in [0.2, 0.25) is 0 Å². The van der Waals surface area contributed by atoms with Gasteiger partial charge in [0.1, 0.15) is 0 Å². The van der Waals surface area contributed by atoms with Crippen LogP contribution in [-0.4, -0.2) is 11.7 Å². The smallest absolute Gasteiger partial charge is 0.165 e. The van der Waals surface area contributed by atoms with Crippen molar-refractivity contribution in [1.82, 2.24) is 4.57 Å². The van der Waals surface area contributed by atoms with E-state index in [1.807, 2.05) is 17.8 Å². The van der Waals surface area contributed by atoms with Crippen LogP contribution in [0.15, 0.2) is 18.3 Å². The molecular formula is C11H13FN2O. The number of rotatable bonds is 2. The van der Waals surface area contributed by atoms with Crippen molar-refractivity contribution in [3.8, 4) is 5.75 Å². The van der Waals surface area contributed by atoms with Crippen LogP contribution in [0, 0.1) is 5.82 Å². The predicted octanol–water partition coefficient (Wildman–Crippen LogP) is 1.78. The minimum atomic E-state index is -0.356. The van der Waals surface area contributed by atoms with Crippen LogP contribution in [0.2, 0.25) is 0 Å². The molecule has 0 aliphatic carbocycles. The minimum Gasteiger partial charge on any atom is -0.493 e. The number of aryl methyl sites for hydroxylation is 1. The maximum atomic E-state index is 13.5. The average Bonchev–Trinajstić information content (AvgIpc) is 2.55. The first kappa shape index (κ1) is 9.98. The predicted molar refractivity (Wildman–Crippen MR) is 57.3 cm³/mol. The molecule has 80 valence electrons. The third-order valence-electron chi connectivity index (χ3n) is 2.56. The molecule has 1 aromatic carbocycles. The molecule has 1 heterocycles. The van der Waals surface area contributed by atoms with Crippen LogP contribution in [0.5, 0.6) is 5.75 Å². The number of hydrogen-bond acceptors (Lipinski definition) is 2.